The highest BCUT2D eigenvalue weighted by Gasteiger charge is 2.15. The lowest BCUT2D eigenvalue weighted by molar-refractivity contribution is 0.138. The molecule has 1 aliphatic heterocycles. The molecule has 2 heterocycles. The van der Waals surface area contributed by atoms with Crippen LogP contribution in [0.5, 0.6) is 0 Å². The van der Waals surface area contributed by atoms with Crippen LogP contribution in [0.4, 0.5) is 5.69 Å². The van der Waals surface area contributed by atoms with Gasteiger partial charge in [0.1, 0.15) is 6.23 Å². The molecule has 4 nitrogen and oxygen atoms in total. The predicted molar refractivity (Wildman–Crippen MR) is 40.8 cm³/mol. The van der Waals surface area contributed by atoms with Crippen LogP contribution in [0.15, 0.2) is 18.5 Å². The molecule has 0 amide bonds. The fraction of sp³-hybridized carbons (Fsp3) is 0.286. The normalized spacial score (nSPS) is 22.1. The summed E-state index contributed by atoms with van der Waals surface area (Å²) >= 11 is 0. The van der Waals surface area contributed by atoms with Gasteiger partial charge >= 0.3 is 0 Å². The van der Waals surface area contributed by atoms with Gasteiger partial charge in [0.15, 0.2) is 0 Å². The molecule has 2 rings (SSSR count). The number of rotatable bonds is 0. The second kappa shape index (κ2) is 2.48. The number of aromatic nitrogens is 1. The molecule has 0 radical (unpaired) electrons. The number of anilines is 1. The molecule has 4 heteroatoms. The Balaban J connectivity index is 2.44. The maximum atomic E-state index is 9.38. The molecular weight excluding hydrogens is 142 g/mol. The Morgan fingerprint density at radius 3 is 3.36 bits per heavy atom. The van der Waals surface area contributed by atoms with Crippen LogP contribution in [0.2, 0.25) is 0 Å². The third-order valence-electron chi connectivity index (χ3n) is 1.72. The van der Waals surface area contributed by atoms with Crippen LogP contribution in [-0.2, 0) is 0 Å². The van der Waals surface area contributed by atoms with Crippen molar-refractivity contribution >= 4 is 5.69 Å². The van der Waals surface area contributed by atoms with Crippen LogP contribution >= 0.6 is 0 Å². The quantitative estimate of drug-likeness (QED) is 0.490. The van der Waals surface area contributed by atoms with Crippen molar-refractivity contribution in [3.8, 4) is 0 Å². The standard InChI is InChI=1S/C7H9N3O/c11-7-5-1-2-8-3-6(5)9-4-10-7/h1-3,7,9-11H,4H2. The molecule has 11 heavy (non-hydrogen) atoms. The molecule has 0 bridgehead atoms. The van der Waals surface area contributed by atoms with E-state index >= 15 is 0 Å². The SMILES string of the molecule is OC1NCNc2cnccc21. The van der Waals surface area contributed by atoms with Gasteiger partial charge in [-0.15, -0.1) is 0 Å². The maximum Gasteiger partial charge on any atom is 0.134 e. The Kier molecular flexibility index (Phi) is 1.48. The molecule has 1 aliphatic rings. The summed E-state index contributed by atoms with van der Waals surface area (Å²) in [6.07, 6.45) is 2.81. The van der Waals surface area contributed by atoms with Crippen molar-refractivity contribution in [3.63, 3.8) is 0 Å². The molecule has 0 fully saturated rings. The molecule has 0 saturated heterocycles. The fourth-order valence-electron chi connectivity index (χ4n) is 1.14. The smallest absolute Gasteiger partial charge is 0.134 e. The highest BCUT2D eigenvalue weighted by Crippen LogP contribution is 2.21. The molecule has 3 N–H and O–H groups in total. The van der Waals surface area contributed by atoms with Gasteiger partial charge in [0.25, 0.3) is 0 Å². The average Bonchev–Trinajstić information content (AvgIpc) is 2.06. The Morgan fingerprint density at radius 2 is 2.55 bits per heavy atom. The summed E-state index contributed by atoms with van der Waals surface area (Å²) in [5.41, 5.74) is 1.75. The van der Waals surface area contributed by atoms with Gasteiger partial charge in [0, 0.05) is 11.8 Å². The van der Waals surface area contributed by atoms with E-state index in [9.17, 15) is 5.11 Å². The average molecular weight is 151 g/mol. The minimum Gasteiger partial charge on any atom is -0.374 e. The van der Waals surface area contributed by atoms with Gasteiger partial charge in [-0.05, 0) is 6.07 Å². The number of nitrogens with zero attached hydrogens (tertiary/aromatic N) is 1. The summed E-state index contributed by atoms with van der Waals surface area (Å²) in [4.78, 5) is 3.93. The van der Waals surface area contributed by atoms with Crippen molar-refractivity contribution in [2.75, 3.05) is 12.0 Å². The molecule has 1 aromatic heterocycles. The lowest BCUT2D eigenvalue weighted by Gasteiger charge is -2.23. The van der Waals surface area contributed by atoms with Crippen molar-refractivity contribution in [2.45, 2.75) is 6.23 Å². The van der Waals surface area contributed by atoms with Gasteiger partial charge in [-0.3, -0.25) is 10.3 Å². The van der Waals surface area contributed by atoms with Crippen LogP contribution in [-0.4, -0.2) is 16.8 Å². The van der Waals surface area contributed by atoms with Crippen molar-refractivity contribution in [1.29, 1.82) is 0 Å². The molecule has 0 aliphatic carbocycles. The fourth-order valence-corrected chi connectivity index (χ4v) is 1.14. The number of nitrogens with one attached hydrogen (secondary N) is 2. The number of aliphatic hydroxyl groups is 1. The Labute approximate surface area is 64.3 Å². The molecule has 0 saturated carbocycles. The summed E-state index contributed by atoms with van der Waals surface area (Å²) < 4.78 is 0. The molecule has 58 valence electrons. The Hall–Kier alpha value is -1.13. The van der Waals surface area contributed by atoms with Crippen LogP contribution in [0, 0.1) is 0 Å². The predicted octanol–water partition coefficient (Wildman–Crippen LogP) is 0.0451. The van der Waals surface area contributed by atoms with Crippen LogP contribution in [0.25, 0.3) is 0 Å². The number of pyridine rings is 1. The van der Waals surface area contributed by atoms with Crippen molar-refractivity contribution in [3.05, 3.63) is 24.0 Å². The number of hydrogen-bond donors (Lipinski definition) is 3. The minimum atomic E-state index is -0.561. The molecule has 1 unspecified atom stereocenters. The van der Waals surface area contributed by atoms with E-state index in [2.05, 4.69) is 15.6 Å². The zero-order valence-corrected chi connectivity index (χ0v) is 5.91. The lowest BCUT2D eigenvalue weighted by Crippen LogP contribution is -2.32. The zero-order chi connectivity index (χ0) is 7.68. The molecule has 1 atom stereocenters. The van der Waals surface area contributed by atoms with Gasteiger partial charge in [-0.2, -0.15) is 0 Å². The van der Waals surface area contributed by atoms with E-state index in [0.717, 1.165) is 11.3 Å². The highest BCUT2D eigenvalue weighted by atomic mass is 16.3. The summed E-state index contributed by atoms with van der Waals surface area (Å²) in [6, 6.07) is 1.79. The topological polar surface area (TPSA) is 57.2 Å². The van der Waals surface area contributed by atoms with Gasteiger partial charge in [0.05, 0.1) is 18.6 Å². The zero-order valence-electron chi connectivity index (χ0n) is 5.91. The first-order chi connectivity index (χ1) is 5.38. The lowest BCUT2D eigenvalue weighted by atomic mass is 10.2. The third kappa shape index (κ3) is 1.06. The summed E-state index contributed by atoms with van der Waals surface area (Å²) in [6.45, 7) is 0.583. The van der Waals surface area contributed by atoms with E-state index in [1.807, 2.05) is 0 Å². The first-order valence-electron chi connectivity index (χ1n) is 3.47. The summed E-state index contributed by atoms with van der Waals surface area (Å²) in [7, 11) is 0. The van der Waals surface area contributed by atoms with Crippen LogP contribution in [0.3, 0.4) is 0 Å². The van der Waals surface area contributed by atoms with Crippen LogP contribution in [0.1, 0.15) is 11.8 Å². The first kappa shape index (κ1) is 6.57. The Bertz CT molecular complexity index is 264. The number of hydrogen-bond acceptors (Lipinski definition) is 4. The highest BCUT2D eigenvalue weighted by molar-refractivity contribution is 5.51. The van der Waals surface area contributed by atoms with Crippen molar-refractivity contribution < 1.29 is 5.11 Å². The Morgan fingerprint density at radius 1 is 1.64 bits per heavy atom. The minimum absolute atomic E-state index is 0.561. The van der Waals surface area contributed by atoms with Gasteiger partial charge in [-0.1, -0.05) is 0 Å². The van der Waals surface area contributed by atoms with Gasteiger partial charge in [0.2, 0.25) is 0 Å². The monoisotopic (exact) mass is 151 g/mol. The maximum absolute atomic E-state index is 9.38. The largest absolute Gasteiger partial charge is 0.374 e. The second-order valence-electron chi connectivity index (χ2n) is 2.42. The molecule has 0 aromatic carbocycles. The number of fused-ring (bicyclic) bond motifs is 1. The van der Waals surface area contributed by atoms with E-state index in [1.165, 1.54) is 0 Å². The second-order valence-corrected chi connectivity index (χ2v) is 2.42. The van der Waals surface area contributed by atoms with Crippen molar-refractivity contribution in [2.24, 2.45) is 0 Å². The summed E-state index contributed by atoms with van der Waals surface area (Å²) in [5.74, 6) is 0. The number of aliphatic hydroxyl groups excluding tert-OH is 1. The summed E-state index contributed by atoms with van der Waals surface area (Å²) in [5, 5.41) is 15.3. The first-order valence-corrected chi connectivity index (χ1v) is 3.47. The van der Waals surface area contributed by atoms with E-state index in [-0.39, 0.29) is 0 Å². The third-order valence-corrected chi connectivity index (χ3v) is 1.72. The van der Waals surface area contributed by atoms with Crippen molar-refractivity contribution in [1.82, 2.24) is 10.3 Å². The molecule has 0 spiro atoms. The molecular formula is C7H9N3O. The molecule has 1 aromatic rings. The van der Waals surface area contributed by atoms with E-state index in [1.54, 1.807) is 18.5 Å². The van der Waals surface area contributed by atoms with Gasteiger partial charge in [-0.25, -0.2) is 0 Å². The van der Waals surface area contributed by atoms with Gasteiger partial charge < -0.3 is 10.4 Å². The van der Waals surface area contributed by atoms with E-state index in [4.69, 9.17) is 0 Å². The van der Waals surface area contributed by atoms with Crippen LogP contribution < -0.4 is 10.6 Å². The van der Waals surface area contributed by atoms with E-state index in [0.29, 0.717) is 6.67 Å². The van der Waals surface area contributed by atoms with E-state index < -0.39 is 6.23 Å².